The molecule has 2 fully saturated rings. The molecule has 2 amide bonds. The second kappa shape index (κ2) is 7.06. The fourth-order valence-corrected chi connectivity index (χ4v) is 3.94. The van der Waals surface area contributed by atoms with Crippen molar-refractivity contribution >= 4 is 17.7 Å². The summed E-state index contributed by atoms with van der Waals surface area (Å²) in [6, 6.07) is 17.6. The van der Waals surface area contributed by atoms with Gasteiger partial charge in [-0.1, -0.05) is 48.9 Å². The summed E-state index contributed by atoms with van der Waals surface area (Å²) in [6.45, 7) is 2.95. The van der Waals surface area contributed by atoms with Gasteiger partial charge in [-0.3, -0.25) is 9.69 Å². The van der Waals surface area contributed by atoms with E-state index in [2.05, 4.69) is 5.32 Å². The summed E-state index contributed by atoms with van der Waals surface area (Å²) in [4.78, 5) is 26.6. The molecule has 27 heavy (non-hydrogen) atoms. The number of carbonyl (C=O) groups excluding carboxylic acids is 2. The largest absolute Gasteiger partial charge is 0.447 e. The van der Waals surface area contributed by atoms with Crippen molar-refractivity contribution in [2.24, 2.45) is 0 Å². The van der Waals surface area contributed by atoms with Crippen molar-refractivity contribution in [2.75, 3.05) is 18.1 Å². The molecule has 1 aliphatic carbocycles. The van der Waals surface area contributed by atoms with Gasteiger partial charge in [0.1, 0.15) is 6.61 Å². The zero-order valence-corrected chi connectivity index (χ0v) is 15.5. The Morgan fingerprint density at radius 2 is 1.93 bits per heavy atom. The number of rotatable bonds is 5. The minimum absolute atomic E-state index is 0.0819. The fourth-order valence-electron chi connectivity index (χ4n) is 3.94. The Hall–Kier alpha value is -2.82. The van der Waals surface area contributed by atoms with Crippen LogP contribution in [0.1, 0.15) is 43.4 Å². The number of cyclic esters (lactones) is 1. The van der Waals surface area contributed by atoms with Crippen LogP contribution in [0, 0.1) is 0 Å². The maximum atomic E-state index is 13.1. The maximum absolute atomic E-state index is 13.1. The van der Waals surface area contributed by atoms with Crippen LogP contribution in [-0.2, 0) is 14.9 Å². The average Bonchev–Trinajstić information content (AvgIpc) is 3.08. The van der Waals surface area contributed by atoms with Gasteiger partial charge in [0, 0.05) is 5.69 Å². The number of amides is 2. The normalized spacial score (nSPS) is 19.1. The van der Waals surface area contributed by atoms with E-state index in [0.29, 0.717) is 13.2 Å². The van der Waals surface area contributed by atoms with E-state index in [1.807, 2.05) is 61.5 Å². The third-order valence-electron chi connectivity index (χ3n) is 5.76. The predicted octanol–water partition coefficient (Wildman–Crippen LogP) is 3.94. The van der Waals surface area contributed by atoms with Crippen LogP contribution >= 0.6 is 0 Å². The van der Waals surface area contributed by atoms with Crippen LogP contribution < -0.4 is 10.2 Å². The summed E-state index contributed by atoms with van der Waals surface area (Å²) in [5, 5.41) is 3.19. The number of hydrogen-bond donors (Lipinski definition) is 1. The Kier molecular flexibility index (Phi) is 4.60. The van der Waals surface area contributed by atoms with Crippen molar-refractivity contribution in [3.8, 4) is 0 Å². The summed E-state index contributed by atoms with van der Waals surface area (Å²) in [5.41, 5.74) is 2.46. The van der Waals surface area contributed by atoms with Crippen molar-refractivity contribution in [3.05, 3.63) is 65.7 Å². The van der Waals surface area contributed by atoms with E-state index in [0.717, 1.165) is 36.1 Å². The summed E-state index contributed by atoms with van der Waals surface area (Å²) in [5.74, 6) is 0.0819. The van der Waals surface area contributed by atoms with Gasteiger partial charge >= 0.3 is 6.09 Å². The smallest absolute Gasteiger partial charge is 0.414 e. The van der Waals surface area contributed by atoms with E-state index >= 15 is 0 Å². The molecule has 0 bridgehead atoms. The zero-order chi connectivity index (χ0) is 18.9. The van der Waals surface area contributed by atoms with E-state index in [1.54, 1.807) is 4.90 Å². The minimum atomic E-state index is -0.411. The molecule has 1 aliphatic heterocycles. The summed E-state index contributed by atoms with van der Waals surface area (Å²) in [7, 11) is 0. The lowest BCUT2D eigenvalue weighted by molar-refractivity contribution is -0.130. The third-order valence-corrected chi connectivity index (χ3v) is 5.76. The van der Waals surface area contributed by atoms with Crippen LogP contribution in [0.2, 0.25) is 0 Å². The molecule has 0 radical (unpaired) electrons. The Morgan fingerprint density at radius 3 is 2.56 bits per heavy atom. The van der Waals surface area contributed by atoms with Crippen LogP contribution in [0.5, 0.6) is 0 Å². The topological polar surface area (TPSA) is 58.6 Å². The zero-order valence-electron chi connectivity index (χ0n) is 15.5. The first-order chi connectivity index (χ1) is 13.1. The molecular formula is C22H24N2O3. The van der Waals surface area contributed by atoms with Crippen molar-refractivity contribution in [2.45, 2.75) is 37.6 Å². The lowest BCUT2D eigenvalue weighted by atomic mass is 9.63. The van der Waals surface area contributed by atoms with Crippen molar-refractivity contribution in [1.29, 1.82) is 0 Å². The molecule has 2 aromatic rings. The van der Waals surface area contributed by atoms with E-state index < -0.39 is 5.41 Å². The predicted molar refractivity (Wildman–Crippen MR) is 104 cm³/mol. The molecule has 1 atom stereocenters. The van der Waals surface area contributed by atoms with Gasteiger partial charge in [-0.25, -0.2) is 4.79 Å². The Bertz CT molecular complexity index is 846. The minimum Gasteiger partial charge on any atom is -0.447 e. The number of hydrogen-bond acceptors (Lipinski definition) is 3. The molecule has 1 saturated carbocycles. The first-order valence-electron chi connectivity index (χ1n) is 9.51. The number of benzene rings is 2. The maximum Gasteiger partial charge on any atom is 0.414 e. The van der Waals surface area contributed by atoms with Crippen molar-refractivity contribution in [3.63, 3.8) is 0 Å². The quantitative estimate of drug-likeness (QED) is 0.874. The first-order valence-corrected chi connectivity index (χ1v) is 9.51. The average molecular weight is 364 g/mol. The Labute approximate surface area is 159 Å². The highest BCUT2D eigenvalue weighted by atomic mass is 16.6. The number of nitrogens with one attached hydrogen (secondary N) is 1. The summed E-state index contributed by atoms with van der Waals surface area (Å²) >= 11 is 0. The SMILES string of the molecule is CC(NC(=O)C1(c2ccccc2)CCC1)c1cccc(N2CCOC2=O)c1. The van der Waals surface area contributed by atoms with E-state index in [1.165, 1.54) is 0 Å². The monoisotopic (exact) mass is 364 g/mol. The van der Waals surface area contributed by atoms with E-state index in [9.17, 15) is 9.59 Å². The molecule has 5 heteroatoms. The molecule has 2 aliphatic rings. The molecule has 2 aromatic carbocycles. The van der Waals surface area contributed by atoms with Crippen LogP contribution in [0.15, 0.2) is 54.6 Å². The van der Waals surface area contributed by atoms with Gasteiger partial charge in [0.2, 0.25) is 5.91 Å². The highest BCUT2D eigenvalue weighted by molar-refractivity contribution is 5.90. The molecule has 5 nitrogen and oxygen atoms in total. The molecule has 0 spiro atoms. The van der Waals surface area contributed by atoms with E-state index in [4.69, 9.17) is 4.74 Å². The van der Waals surface area contributed by atoms with Gasteiger partial charge in [0.25, 0.3) is 0 Å². The molecule has 140 valence electrons. The molecule has 1 saturated heterocycles. The van der Waals surface area contributed by atoms with E-state index in [-0.39, 0.29) is 18.0 Å². The second-order valence-electron chi connectivity index (χ2n) is 7.36. The first kappa shape index (κ1) is 17.6. The standard InChI is InChI=1S/C22H24N2O3/c1-16(17-7-5-10-19(15-17)24-13-14-27-21(24)26)23-20(25)22(11-6-12-22)18-8-3-2-4-9-18/h2-5,7-10,15-16H,6,11-14H2,1H3,(H,23,25). The number of anilines is 1. The molecule has 4 rings (SSSR count). The van der Waals surface area contributed by atoms with Gasteiger partial charge in [-0.15, -0.1) is 0 Å². The van der Waals surface area contributed by atoms with Gasteiger partial charge in [-0.2, -0.15) is 0 Å². The van der Waals surface area contributed by atoms with Crippen LogP contribution in [0.25, 0.3) is 0 Å². The fraction of sp³-hybridized carbons (Fsp3) is 0.364. The second-order valence-corrected chi connectivity index (χ2v) is 7.36. The third kappa shape index (κ3) is 3.18. The van der Waals surface area contributed by atoms with Gasteiger partial charge in [-0.05, 0) is 43.0 Å². The Morgan fingerprint density at radius 1 is 1.15 bits per heavy atom. The molecular weight excluding hydrogens is 340 g/mol. The van der Waals surface area contributed by atoms with Gasteiger partial charge < -0.3 is 10.1 Å². The highest BCUT2D eigenvalue weighted by Crippen LogP contribution is 2.44. The van der Waals surface area contributed by atoms with Crippen LogP contribution in [0.3, 0.4) is 0 Å². The number of ether oxygens (including phenoxy) is 1. The molecule has 0 aromatic heterocycles. The lowest BCUT2D eigenvalue weighted by Gasteiger charge is -2.41. The lowest BCUT2D eigenvalue weighted by Crippen LogP contribution is -2.49. The van der Waals surface area contributed by atoms with Crippen LogP contribution in [0.4, 0.5) is 10.5 Å². The number of carbonyl (C=O) groups is 2. The molecule has 1 N–H and O–H groups in total. The van der Waals surface area contributed by atoms with Gasteiger partial charge in [0.15, 0.2) is 0 Å². The van der Waals surface area contributed by atoms with Crippen molar-refractivity contribution in [1.82, 2.24) is 5.32 Å². The molecule has 1 heterocycles. The highest BCUT2D eigenvalue weighted by Gasteiger charge is 2.45. The Balaban J connectivity index is 1.51. The summed E-state index contributed by atoms with van der Waals surface area (Å²) in [6.07, 6.45) is 2.52. The van der Waals surface area contributed by atoms with Crippen LogP contribution in [-0.4, -0.2) is 25.2 Å². The summed E-state index contributed by atoms with van der Waals surface area (Å²) < 4.78 is 5.02. The van der Waals surface area contributed by atoms with Gasteiger partial charge in [0.05, 0.1) is 18.0 Å². The van der Waals surface area contributed by atoms with Crippen molar-refractivity contribution < 1.29 is 14.3 Å². The number of nitrogens with zero attached hydrogens (tertiary/aromatic N) is 1. The molecule has 1 unspecified atom stereocenters.